The molecule has 1 fully saturated rings. The Morgan fingerprint density at radius 3 is 2.32 bits per heavy atom. The van der Waals surface area contributed by atoms with Crippen LogP contribution in [0.4, 0.5) is 10.1 Å². The Kier molecular flexibility index (Phi) is 6.64. The monoisotopic (exact) mass is 448 g/mol. The van der Waals surface area contributed by atoms with Crippen LogP contribution in [0, 0.1) is 5.82 Å². The van der Waals surface area contributed by atoms with Gasteiger partial charge in [-0.25, -0.2) is 12.8 Å². The van der Waals surface area contributed by atoms with Crippen molar-refractivity contribution in [2.75, 3.05) is 37.3 Å². The van der Waals surface area contributed by atoms with Gasteiger partial charge in [0.2, 0.25) is 0 Å². The van der Waals surface area contributed by atoms with E-state index in [1.165, 1.54) is 24.3 Å². The van der Waals surface area contributed by atoms with E-state index in [-0.39, 0.29) is 28.0 Å². The maximum atomic E-state index is 14.3. The summed E-state index contributed by atoms with van der Waals surface area (Å²) >= 11 is 0. The smallest absolute Gasteiger partial charge is 0.257 e. The van der Waals surface area contributed by atoms with Gasteiger partial charge in [-0.15, -0.1) is 0 Å². The number of hydrogen-bond donors (Lipinski definition) is 0. The molecule has 0 atom stereocenters. The minimum atomic E-state index is -3.49. The van der Waals surface area contributed by atoms with Crippen molar-refractivity contribution < 1.29 is 27.1 Å². The van der Waals surface area contributed by atoms with Gasteiger partial charge in [-0.05, 0) is 50.2 Å². The number of piperazine rings is 1. The Labute approximate surface area is 181 Å². The first-order chi connectivity index (χ1) is 14.6. The van der Waals surface area contributed by atoms with E-state index < -0.39 is 15.7 Å². The van der Waals surface area contributed by atoms with Gasteiger partial charge in [0.15, 0.2) is 9.84 Å². The van der Waals surface area contributed by atoms with E-state index in [9.17, 15) is 22.4 Å². The summed E-state index contributed by atoms with van der Waals surface area (Å²) < 4.78 is 44.0. The lowest BCUT2D eigenvalue weighted by molar-refractivity contribution is 0.0740. The highest BCUT2D eigenvalue weighted by molar-refractivity contribution is 7.90. The Morgan fingerprint density at radius 2 is 1.77 bits per heavy atom. The van der Waals surface area contributed by atoms with Crippen LogP contribution < -0.4 is 9.64 Å². The average Bonchev–Trinajstić information content (AvgIpc) is 2.72. The van der Waals surface area contributed by atoms with E-state index >= 15 is 0 Å². The molecule has 2 aromatic carbocycles. The standard InChI is InChI=1S/C22H25FN2O5S/c1-15(2)30-21-7-5-17(31(3,28)29)13-18(21)22(27)25-10-8-24(9-11-25)20-6-4-16(14-26)12-19(20)23/h4-7,12-15H,8-11H2,1-3H3. The van der Waals surface area contributed by atoms with Crippen LogP contribution >= 0.6 is 0 Å². The lowest BCUT2D eigenvalue weighted by Crippen LogP contribution is -2.49. The maximum Gasteiger partial charge on any atom is 0.257 e. The SMILES string of the molecule is CC(C)Oc1ccc(S(C)(=O)=O)cc1C(=O)N1CCN(c2ccc(C=O)cc2F)CC1. The number of halogens is 1. The van der Waals surface area contributed by atoms with Crippen LogP contribution in [0.25, 0.3) is 0 Å². The van der Waals surface area contributed by atoms with E-state index in [0.717, 1.165) is 6.26 Å². The van der Waals surface area contributed by atoms with Gasteiger partial charge >= 0.3 is 0 Å². The fourth-order valence-corrected chi connectivity index (χ4v) is 4.08. The molecular weight excluding hydrogens is 423 g/mol. The fraction of sp³-hybridized carbons (Fsp3) is 0.364. The number of anilines is 1. The van der Waals surface area contributed by atoms with Crippen LogP contribution in [-0.4, -0.2) is 64.0 Å². The van der Waals surface area contributed by atoms with Gasteiger partial charge in [0.05, 0.1) is 22.3 Å². The second kappa shape index (κ2) is 9.05. The zero-order valence-electron chi connectivity index (χ0n) is 17.7. The highest BCUT2D eigenvalue weighted by atomic mass is 32.2. The number of carbonyl (C=O) groups is 2. The summed E-state index contributed by atoms with van der Waals surface area (Å²) in [5.74, 6) is -0.499. The quantitative estimate of drug-likeness (QED) is 0.632. The first-order valence-electron chi connectivity index (χ1n) is 9.90. The molecule has 1 heterocycles. The molecule has 1 aliphatic heterocycles. The number of amides is 1. The minimum absolute atomic E-state index is 0.0444. The average molecular weight is 449 g/mol. The molecule has 0 radical (unpaired) electrons. The van der Waals surface area contributed by atoms with Crippen LogP contribution in [0.1, 0.15) is 34.6 Å². The van der Waals surface area contributed by atoms with Crippen molar-refractivity contribution in [1.29, 1.82) is 0 Å². The number of carbonyl (C=O) groups excluding carboxylic acids is 2. The first-order valence-corrected chi connectivity index (χ1v) is 11.8. The minimum Gasteiger partial charge on any atom is -0.490 e. The molecule has 31 heavy (non-hydrogen) atoms. The number of aldehydes is 1. The van der Waals surface area contributed by atoms with Crippen molar-refractivity contribution in [2.24, 2.45) is 0 Å². The van der Waals surface area contributed by atoms with Gasteiger partial charge in [-0.1, -0.05) is 0 Å². The molecule has 0 unspecified atom stereocenters. The number of benzene rings is 2. The van der Waals surface area contributed by atoms with Gasteiger partial charge in [0.1, 0.15) is 17.9 Å². The zero-order valence-corrected chi connectivity index (χ0v) is 18.5. The third-order valence-corrected chi connectivity index (χ3v) is 6.10. The molecule has 1 amide bonds. The van der Waals surface area contributed by atoms with Gasteiger partial charge in [0.25, 0.3) is 5.91 Å². The summed E-state index contributed by atoms with van der Waals surface area (Å²) in [6.07, 6.45) is 1.48. The second-order valence-electron chi connectivity index (χ2n) is 7.70. The van der Waals surface area contributed by atoms with Crippen molar-refractivity contribution in [3.63, 3.8) is 0 Å². The number of hydrogen-bond acceptors (Lipinski definition) is 6. The summed E-state index contributed by atoms with van der Waals surface area (Å²) in [5, 5.41) is 0. The van der Waals surface area contributed by atoms with E-state index in [1.54, 1.807) is 17.0 Å². The molecule has 0 saturated carbocycles. The summed E-state index contributed by atoms with van der Waals surface area (Å²) in [4.78, 5) is 27.5. The second-order valence-corrected chi connectivity index (χ2v) is 9.72. The molecule has 0 bridgehead atoms. The lowest BCUT2D eigenvalue weighted by Gasteiger charge is -2.36. The zero-order chi connectivity index (χ0) is 22.8. The summed E-state index contributed by atoms with van der Waals surface area (Å²) in [5.41, 5.74) is 0.825. The molecule has 3 rings (SSSR count). The maximum absolute atomic E-state index is 14.3. The topological polar surface area (TPSA) is 84.0 Å². The van der Waals surface area contributed by atoms with Crippen molar-refractivity contribution in [2.45, 2.75) is 24.8 Å². The summed E-state index contributed by atoms with van der Waals surface area (Å²) in [7, 11) is -3.49. The van der Waals surface area contributed by atoms with Crippen LogP contribution in [0.15, 0.2) is 41.3 Å². The van der Waals surface area contributed by atoms with Crippen molar-refractivity contribution in [1.82, 2.24) is 4.90 Å². The third-order valence-electron chi connectivity index (χ3n) is 4.99. The Hall–Kier alpha value is -2.94. The Balaban J connectivity index is 1.80. The van der Waals surface area contributed by atoms with Crippen LogP contribution in [0.5, 0.6) is 5.75 Å². The fourth-order valence-electron chi connectivity index (χ4n) is 3.44. The number of nitrogens with zero attached hydrogens (tertiary/aromatic N) is 2. The molecule has 2 aromatic rings. The predicted molar refractivity (Wildman–Crippen MR) is 115 cm³/mol. The molecule has 1 saturated heterocycles. The van der Waals surface area contributed by atoms with Gasteiger partial charge < -0.3 is 14.5 Å². The molecule has 0 aliphatic carbocycles. The Bertz CT molecular complexity index is 1090. The number of ether oxygens (including phenoxy) is 1. The third kappa shape index (κ3) is 5.22. The summed E-state index contributed by atoms with van der Waals surface area (Å²) in [6, 6.07) is 8.57. The number of sulfone groups is 1. The lowest BCUT2D eigenvalue weighted by atomic mass is 10.1. The molecule has 0 spiro atoms. The highest BCUT2D eigenvalue weighted by Crippen LogP contribution is 2.27. The van der Waals surface area contributed by atoms with Gasteiger partial charge in [-0.3, -0.25) is 9.59 Å². The van der Waals surface area contributed by atoms with Crippen molar-refractivity contribution >= 4 is 27.7 Å². The van der Waals surface area contributed by atoms with E-state index in [1.807, 2.05) is 18.7 Å². The van der Waals surface area contributed by atoms with Gasteiger partial charge in [-0.2, -0.15) is 0 Å². The van der Waals surface area contributed by atoms with Crippen LogP contribution in [-0.2, 0) is 9.84 Å². The molecular formula is C22H25FN2O5S. The molecule has 9 heteroatoms. The van der Waals surface area contributed by atoms with Gasteiger partial charge in [0, 0.05) is 38.0 Å². The highest BCUT2D eigenvalue weighted by Gasteiger charge is 2.27. The molecule has 0 N–H and O–H groups in total. The summed E-state index contributed by atoms with van der Waals surface area (Å²) in [6.45, 7) is 5.10. The molecule has 7 nitrogen and oxygen atoms in total. The molecule has 1 aliphatic rings. The van der Waals surface area contributed by atoms with E-state index in [0.29, 0.717) is 43.9 Å². The van der Waals surface area contributed by atoms with E-state index in [2.05, 4.69) is 0 Å². The predicted octanol–water partition coefficient (Wildman–Crippen LogP) is 2.79. The van der Waals surface area contributed by atoms with Crippen molar-refractivity contribution in [3.8, 4) is 5.75 Å². The van der Waals surface area contributed by atoms with Crippen LogP contribution in [0.2, 0.25) is 0 Å². The molecule has 166 valence electrons. The van der Waals surface area contributed by atoms with E-state index in [4.69, 9.17) is 4.74 Å². The molecule has 0 aromatic heterocycles. The number of rotatable bonds is 6. The largest absolute Gasteiger partial charge is 0.490 e. The Morgan fingerprint density at radius 1 is 1.10 bits per heavy atom. The normalized spacial score (nSPS) is 14.6. The van der Waals surface area contributed by atoms with Crippen molar-refractivity contribution in [3.05, 3.63) is 53.3 Å². The first kappa shape index (κ1) is 22.7. The van der Waals surface area contributed by atoms with Crippen LogP contribution in [0.3, 0.4) is 0 Å².